The molecule has 0 aliphatic heterocycles. The first kappa shape index (κ1) is 20.0. The molecule has 0 spiro atoms. The number of Topliss-reactive ketones (excluding diaryl/α,β-unsaturated/α-hetero) is 1. The van der Waals surface area contributed by atoms with Crippen molar-refractivity contribution in [2.75, 3.05) is 11.1 Å². The molecule has 0 bridgehead atoms. The number of carbonyl (C=O) groups excluding carboxylic acids is 2. The van der Waals surface area contributed by atoms with Gasteiger partial charge in [-0.15, -0.1) is 0 Å². The second kappa shape index (κ2) is 8.99. The molecule has 0 fully saturated rings. The first-order chi connectivity index (χ1) is 14.0. The molecule has 8 heteroatoms. The summed E-state index contributed by atoms with van der Waals surface area (Å²) in [5.74, 6) is -0.334. The summed E-state index contributed by atoms with van der Waals surface area (Å²) in [6, 6.07) is 17.4. The number of nitriles is 1. The van der Waals surface area contributed by atoms with Crippen LogP contribution in [0.4, 0.5) is 5.69 Å². The summed E-state index contributed by atoms with van der Waals surface area (Å²) in [5, 5.41) is 12.2. The summed E-state index contributed by atoms with van der Waals surface area (Å²) in [4.78, 5) is 42.6. The number of carbonyl (C=O) groups is 2. The van der Waals surface area contributed by atoms with E-state index in [0.29, 0.717) is 16.8 Å². The van der Waals surface area contributed by atoms with Gasteiger partial charge in [-0.05, 0) is 31.2 Å². The topological polar surface area (TPSA) is 116 Å². The first-order valence-corrected chi connectivity index (χ1v) is 9.60. The third-order valence-corrected chi connectivity index (χ3v) is 4.85. The van der Waals surface area contributed by atoms with Crippen molar-refractivity contribution in [3.63, 3.8) is 0 Å². The predicted octanol–water partition coefficient (Wildman–Crippen LogP) is 3.24. The monoisotopic (exact) mass is 404 g/mol. The highest BCUT2D eigenvalue weighted by Gasteiger charge is 2.14. The minimum Gasteiger partial charge on any atom is -0.325 e. The Balaban J connectivity index is 1.73. The van der Waals surface area contributed by atoms with E-state index in [1.807, 2.05) is 12.1 Å². The molecule has 3 rings (SSSR count). The Morgan fingerprint density at radius 3 is 2.45 bits per heavy atom. The maximum atomic E-state index is 12.2. The molecule has 7 nitrogen and oxygen atoms in total. The highest BCUT2D eigenvalue weighted by molar-refractivity contribution is 7.99. The van der Waals surface area contributed by atoms with E-state index >= 15 is 0 Å². The smallest absolute Gasteiger partial charge is 0.270 e. The summed E-state index contributed by atoms with van der Waals surface area (Å²) in [6.07, 6.45) is 0. The lowest BCUT2D eigenvalue weighted by Crippen LogP contribution is -2.17. The molecule has 0 saturated heterocycles. The van der Waals surface area contributed by atoms with Gasteiger partial charge in [-0.25, -0.2) is 4.98 Å². The van der Waals surface area contributed by atoms with Crippen molar-refractivity contribution >= 4 is 29.1 Å². The highest BCUT2D eigenvalue weighted by atomic mass is 32.2. The van der Waals surface area contributed by atoms with Gasteiger partial charge < -0.3 is 10.3 Å². The molecule has 0 saturated carbocycles. The number of rotatable bonds is 6. The SMILES string of the molecule is CC(=O)c1ccc(NC(=O)CSc2nc(-c3ccccc3)c(C#N)c(=O)[nH]2)cc1. The quantitative estimate of drug-likeness (QED) is 0.370. The summed E-state index contributed by atoms with van der Waals surface area (Å²) in [5.41, 5.74) is 1.42. The fourth-order valence-electron chi connectivity index (χ4n) is 2.55. The number of hydrogen-bond acceptors (Lipinski definition) is 6. The van der Waals surface area contributed by atoms with Crippen LogP contribution in [0.15, 0.2) is 64.5 Å². The van der Waals surface area contributed by atoms with Gasteiger partial charge >= 0.3 is 0 Å². The van der Waals surface area contributed by atoms with Gasteiger partial charge in [0.05, 0.1) is 11.4 Å². The fourth-order valence-corrected chi connectivity index (χ4v) is 3.21. The number of nitrogens with one attached hydrogen (secondary N) is 2. The Morgan fingerprint density at radius 2 is 1.83 bits per heavy atom. The zero-order chi connectivity index (χ0) is 20.8. The van der Waals surface area contributed by atoms with Crippen LogP contribution >= 0.6 is 11.8 Å². The molecular formula is C21H16N4O3S. The van der Waals surface area contributed by atoms with E-state index in [4.69, 9.17) is 0 Å². The number of nitrogens with zero attached hydrogens (tertiary/aromatic N) is 2. The molecule has 0 atom stereocenters. The second-order valence-corrected chi connectivity index (χ2v) is 7.01. The number of H-pyrrole nitrogens is 1. The molecular weight excluding hydrogens is 388 g/mol. The van der Waals surface area contributed by atoms with Gasteiger partial charge in [-0.2, -0.15) is 5.26 Å². The van der Waals surface area contributed by atoms with E-state index in [1.54, 1.807) is 48.5 Å². The molecule has 1 aromatic heterocycles. The lowest BCUT2D eigenvalue weighted by molar-refractivity contribution is -0.113. The van der Waals surface area contributed by atoms with Crippen molar-refractivity contribution in [3.05, 3.63) is 76.1 Å². The van der Waals surface area contributed by atoms with Gasteiger partial charge in [0, 0.05) is 16.8 Å². The van der Waals surface area contributed by atoms with Crippen molar-refractivity contribution in [1.82, 2.24) is 9.97 Å². The lowest BCUT2D eigenvalue weighted by atomic mass is 10.1. The van der Waals surface area contributed by atoms with Gasteiger partial charge in [-0.3, -0.25) is 14.4 Å². The molecule has 0 aliphatic carbocycles. The van der Waals surface area contributed by atoms with Crippen molar-refractivity contribution < 1.29 is 9.59 Å². The minimum absolute atomic E-state index is 0.0114. The van der Waals surface area contributed by atoms with Crippen molar-refractivity contribution in [3.8, 4) is 17.3 Å². The number of ketones is 1. The van der Waals surface area contributed by atoms with E-state index in [1.165, 1.54) is 6.92 Å². The Hall–Kier alpha value is -3.70. The Kier molecular flexibility index (Phi) is 6.22. The predicted molar refractivity (Wildman–Crippen MR) is 111 cm³/mol. The van der Waals surface area contributed by atoms with Crippen LogP contribution in [-0.4, -0.2) is 27.4 Å². The number of hydrogen-bond donors (Lipinski definition) is 2. The molecule has 2 N–H and O–H groups in total. The number of thioether (sulfide) groups is 1. The van der Waals surface area contributed by atoms with Gasteiger partial charge in [0.15, 0.2) is 10.9 Å². The molecule has 0 aliphatic rings. The number of aromatic nitrogens is 2. The third kappa shape index (κ3) is 4.97. The van der Waals surface area contributed by atoms with Gasteiger partial charge in [-0.1, -0.05) is 42.1 Å². The van der Waals surface area contributed by atoms with Gasteiger partial charge in [0.1, 0.15) is 11.6 Å². The van der Waals surface area contributed by atoms with Crippen LogP contribution in [-0.2, 0) is 4.79 Å². The summed E-state index contributed by atoms with van der Waals surface area (Å²) < 4.78 is 0. The van der Waals surface area contributed by atoms with Crippen molar-refractivity contribution in [2.24, 2.45) is 0 Å². The number of anilines is 1. The summed E-state index contributed by atoms with van der Waals surface area (Å²) >= 11 is 1.06. The van der Waals surface area contributed by atoms with Crippen LogP contribution in [0.5, 0.6) is 0 Å². The molecule has 3 aromatic rings. The third-order valence-electron chi connectivity index (χ3n) is 3.97. The van der Waals surface area contributed by atoms with E-state index in [9.17, 15) is 19.6 Å². The average Bonchev–Trinajstić information content (AvgIpc) is 2.73. The van der Waals surface area contributed by atoms with Crippen LogP contribution in [0.25, 0.3) is 11.3 Å². The standard InChI is InChI=1S/C21H16N4O3S/c1-13(26)14-7-9-16(10-8-14)23-18(27)12-29-21-24-19(15-5-3-2-4-6-15)17(11-22)20(28)25-21/h2-10H,12H2,1H3,(H,23,27)(H,24,25,28). The molecule has 1 heterocycles. The Labute approximate surface area is 170 Å². The molecule has 0 radical (unpaired) electrons. The average molecular weight is 404 g/mol. The van der Waals surface area contributed by atoms with Crippen LogP contribution in [0.2, 0.25) is 0 Å². The van der Waals surface area contributed by atoms with E-state index in [2.05, 4.69) is 15.3 Å². The summed E-state index contributed by atoms with van der Waals surface area (Å²) in [7, 11) is 0. The Morgan fingerprint density at radius 1 is 1.14 bits per heavy atom. The normalized spacial score (nSPS) is 10.2. The second-order valence-electron chi connectivity index (χ2n) is 6.04. The highest BCUT2D eigenvalue weighted by Crippen LogP contribution is 2.22. The maximum Gasteiger partial charge on any atom is 0.270 e. The first-order valence-electron chi connectivity index (χ1n) is 8.61. The van der Waals surface area contributed by atoms with Gasteiger partial charge in [0.25, 0.3) is 5.56 Å². The molecule has 144 valence electrons. The molecule has 0 unspecified atom stereocenters. The zero-order valence-electron chi connectivity index (χ0n) is 15.4. The maximum absolute atomic E-state index is 12.2. The zero-order valence-corrected chi connectivity index (χ0v) is 16.2. The van der Waals surface area contributed by atoms with Crippen LogP contribution in [0.1, 0.15) is 22.8 Å². The van der Waals surface area contributed by atoms with Crippen LogP contribution in [0, 0.1) is 11.3 Å². The van der Waals surface area contributed by atoms with Crippen molar-refractivity contribution in [2.45, 2.75) is 12.1 Å². The Bertz CT molecular complexity index is 1150. The molecule has 1 amide bonds. The lowest BCUT2D eigenvalue weighted by Gasteiger charge is -2.07. The number of aromatic amines is 1. The molecule has 29 heavy (non-hydrogen) atoms. The van der Waals surface area contributed by atoms with Gasteiger partial charge in [0.2, 0.25) is 5.91 Å². The largest absolute Gasteiger partial charge is 0.325 e. The van der Waals surface area contributed by atoms with E-state index in [0.717, 1.165) is 11.8 Å². The van der Waals surface area contributed by atoms with E-state index in [-0.39, 0.29) is 33.9 Å². The number of benzene rings is 2. The summed E-state index contributed by atoms with van der Waals surface area (Å²) in [6.45, 7) is 1.47. The fraction of sp³-hybridized carbons (Fsp3) is 0.0952. The van der Waals surface area contributed by atoms with Crippen molar-refractivity contribution in [1.29, 1.82) is 5.26 Å². The van der Waals surface area contributed by atoms with E-state index < -0.39 is 5.56 Å². The van der Waals surface area contributed by atoms with Crippen LogP contribution in [0.3, 0.4) is 0 Å². The minimum atomic E-state index is -0.552. The number of amides is 1. The van der Waals surface area contributed by atoms with Crippen LogP contribution < -0.4 is 10.9 Å². The molecule has 2 aromatic carbocycles.